The highest BCUT2D eigenvalue weighted by molar-refractivity contribution is 7.21. The number of carbonyl (C=O) groups excluding carboxylic acids is 1. The zero-order valence-corrected chi connectivity index (χ0v) is 15.3. The number of fused-ring (bicyclic) bond motifs is 1. The Kier molecular flexibility index (Phi) is 5.22. The molecule has 0 aliphatic rings. The van der Waals surface area contributed by atoms with Gasteiger partial charge in [0.25, 0.3) is 0 Å². The number of carbonyl (C=O) groups is 1. The van der Waals surface area contributed by atoms with Crippen molar-refractivity contribution in [2.75, 3.05) is 6.61 Å². The average Bonchev–Trinajstić information content (AvgIpc) is 3.01. The maximum Gasteiger partial charge on any atom is 0.360 e. The monoisotopic (exact) mass is 394 g/mol. The molecule has 0 atom stereocenters. The predicted octanol–water partition coefficient (Wildman–Crippen LogP) is 4.99. The van der Waals surface area contributed by atoms with Gasteiger partial charge < -0.3 is 9.84 Å². The number of phenolic OH excluding ortho intramolecular Hbond substituents is 1. The summed E-state index contributed by atoms with van der Waals surface area (Å²) >= 11 is 13.2. The van der Waals surface area contributed by atoms with Crippen LogP contribution >= 0.6 is 34.5 Å². The minimum atomic E-state index is -0.595. The molecule has 0 bridgehead atoms. The summed E-state index contributed by atoms with van der Waals surface area (Å²) in [5, 5.41) is 10.2. The zero-order valence-electron chi connectivity index (χ0n) is 13.0. The van der Waals surface area contributed by atoms with E-state index in [1.807, 2.05) is 24.3 Å². The second-order valence-electron chi connectivity index (χ2n) is 4.93. The van der Waals surface area contributed by atoms with E-state index in [4.69, 9.17) is 27.9 Å². The molecule has 2 aromatic carbocycles. The number of aromatic nitrogens is 1. The van der Waals surface area contributed by atoms with E-state index < -0.39 is 5.97 Å². The van der Waals surface area contributed by atoms with Gasteiger partial charge in [-0.25, -0.2) is 14.8 Å². The van der Waals surface area contributed by atoms with E-state index in [0.717, 1.165) is 10.2 Å². The van der Waals surface area contributed by atoms with E-state index in [2.05, 4.69) is 9.98 Å². The molecule has 0 fully saturated rings. The topological polar surface area (TPSA) is 71.8 Å². The molecule has 0 aliphatic carbocycles. The maximum atomic E-state index is 12.4. The number of ether oxygens (including phenoxy) is 1. The fourth-order valence-corrected chi connectivity index (χ4v) is 3.52. The molecule has 0 aliphatic heterocycles. The first-order valence-corrected chi connectivity index (χ1v) is 8.86. The number of halogens is 2. The molecule has 0 amide bonds. The number of aliphatic imine (C=N–C) groups is 1. The van der Waals surface area contributed by atoms with Crippen LogP contribution in [0, 0.1) is 0 Å². The van der Waals surface area contributed by atoms with Crippen LogP contribution in [0.4, 0.5) is 5.69 Å². The minimum absolute atomic E-state index is 0.0405. The van der Waals surface area contributed by atoms with Crippen LogP contribution in [-0.2, 0) is 9.53 Å². The molecule has 8 heteroatoms. The van der Waals surface area contributed by atoms with Crippen molar-refractivity contribution in [3.63, 3.8) is 0 Å². The Bertz CT molecular complexity index is 929. The largest absolute Gasteiger partial charge is 0.505 e. The molecule has 1 aromatic heterocycles. The van der Waals surface area contributed by atoms with E-state index in [1.54, 1.807) is 6.92 Å². The fraction of sp³-hybridized carbons (Fsp3) is 0.118. The lowest BCUT2D eigenvalue weighted by Gasteiger charge is -2.05. The van der Waals surface area contributed by atoms with Crippen LogP contribution in [0.25, 0.3) is 10.2 Å². The molecule has 1 N–H and O–H groups in total. The highest BCUT2D eigenvalue weighted by atomic mass is 35.5. The standard InChI is InChI=1S/C17H12Cl2N2O3S/c1-2-24-17(23)14(16-21-12-5-3-4-6-13(12)25-16)20-9-7-10(18)15(22)11(19)8-9/h3-8,22H,2H2,1H3/b20-14-. The van der Waals surface area contributed by atoms with Gasteiger partial charge in [0.2, 0.25) is 0 Å². The number of phenols is 1. The first-order valence-electron chi connectivity index (χ1n) is 7.29. The summed E-state index contributed by atoms with van der Waals surface area (Å²) in [6.07, 6.45) is 0. The summed E-state index contributed by atoms with van der Waals surface area (Å²) in [4.78, 5) is 21.1. The van der Waals surface area contributed by atoms with E-state index in [0.29, 0.717) is 10.7 Å². The van der Waals surface area contributed by atoms with Crippen LogP contribution in [0.2, 0.25) is 10.0 Å². The Morgan fingerprint density at radius 3 is 2.60 bits per heavy atom. The Hall–Kier alpha value is -2.15. The number of aromatic hydroxyl groups is 1. The van der Waals surface area contributed by atoms with Crippen molar-refractivity contribution in [1.29, 1.82) is 0 Å². The molecule has 5 nitrogen and oxygen atoms in total. The molecule has 0 saturated heterocycles. The van der Waals surface area contributed by atoms with Crippen molar-refractivity contribution in [3.05, 3.63) is 51.5 Å². The molecule has 0 radical (unpaired) electrons. The number of nitrogens with zero attached hydrogens (tertiary/aromatic N) is 2. The zero-order chi connectivity index (χ0) is 18.0. The summed E-state index contributed by atoms with van der Waals surface area (Å²) < 4.78 is 6.02. The second-order valence-corrected chi connectivity index (χ2v) is 6.77. The van der Waals surface area contributed by atoms with Crippen molar-refractivity contribution in [2.45, 2.75) is 6.92 Å². The fourth-order valence-electron chi connectivity index (χ4n) is 2.10. The number of hydrogen-bond donors (Lipinski definition) is 1. The van der Waals surface area contributed by atoms with Crippen LogP contribution in [-0.4, -0.2) is 28.4 Å². The summed E-state index contributed by atoms with van der Waals surface area (Å²) in [7, 11) is 0. The predicted molar refractivity (Wildman–Crippen MR) is 101 cm³/mol. The van der Waals surface area contributed by atoms with Crippen LogP contribution < -0.4 is 0 Å². The van der Waals surface area contributed by atoms with Gasteiger partial charge in [0.15, 0.2) is 16.5 Å². The Morgan fingerprint density at radius 1 is 1.28 bits per heavy atom. The third-order valence-corrected chi connectivity index (χ3v) is 4.83. The SMILES string of the molecule is CCOC(=O)/C(=N\c1cc(Cl)c(O)c(Cl)c1)c1nc2ccccc2s1. The Morgan fingerprint density at radius 2 is 1.96 bits per heavy atom. The second kappa shape index (κ2) is 7.39. The lowest BCUT2D eigenvalue weighted by Crippen LogP contribution is -2.18. The average molecular weight is 395 g/mol. The minimum Gasteiger partial charge on any atom is -0.505 e. The van der Waals surface area contributed by atoms with Crippen molar-refractivity contribution in [2.24, 2.45) is 4.99 Å². The van der Waals surface area contributed by atoms with Gasteiger partial charge in [0.1, 0.15) is 0 Å². The summed E-state index contributed by atoms with van der Waals surface area (Å²) in [5.74, 6) is -0.832. The quantitative estimate of drug-likeness (QED) is 0.499. The van der Waals surface area contributed by atoms with Crippen molar-refractivity contribution >= 4 is 62.1 Å². The number of benzene rings is 2. The van der Waals surface area contributed by atoms with Gasteiger partial charge in [-0.1, -0.05) is 35.3 Å². The lowest BCUT2D eigenvalue weighted by molar-refractivity contribution is -0.134. The van der Waals surface area contributed by atoms with E-state index in [1.165, 1.54) is 23.5 Å². The van der Waals surface area contributed by atoms with Gasteiger partial charge in [-0.3, -0.25) is 0 Å². The lowest BCUT2D eigenvalue weighted by atomic mass is 10.3. The molecule has 3 rings (SSSR count). The van der Waals surface area contributed by atoms with Crippen molar-refractivity contribution in [3.8, 4) is 5.75 Å². The molecule has 25 heavy (non-hydrogen) atoms. The third kappa shape index (κ3) is 3.76. The van der Waals surface area contributed by atoms with Crippen molar-refractivity contribution in [1.82, 2.24) is 4.98 Å². The van der Waals surface area contributed by atoms with Crippen LogP contribution in [0.5, 0.6) is 5.75 Å². The van der Waals surface area contributed by atoms with E-state index >= 15 is 0 Å². The van der Waals surface area contributed by atoms with Gasteiger partial charge in [-0.2, -0.15) is 0 Å². The number of rotatable bonds is 4. The summed E-state index contributed by atoms with van der Waals surface area (Å²) in [6.45, 7) is 1.92. The number of thiazole rings is 1. The molecule has 0 saturated carbocycles. The Labute approximate surface area is 157 Å². The molecule has 1 heterocycles. The van der Waals surface area contributed by atoms with Crippen LogP contribution in [0.15, 0.2) is 41.4 Å². The number of esters is 1. The molecule has 0 unspecified atom stereocenters. The van der Waals surface area contributed by atoms with Crippen LogP contribution in [0.1, 0.15) is 11.9 Å². The van der Waals surface area contributed by atoms with Crippen molar-refractivity contribution < 1.29 is 14.6 Å². The van der Waals surface area contributed by atoms with Gasteiger partial charge >= 0.3 is 5.97 Å². The maximum absolute atomic E-state index is 12.4. The Balaban J connectivity index is 2.13. The van der Waals surface area contributed by atoms with E-state index in [-0.39, 0.29) is 28.1 Å². The van der Waals surface area contributed by atoms with Gasteiger partial charge in [-0.05, 0) is 31.2 Å². The normalized spacial score (nSPS) is 11.7. The summed E-state index contributed by atoms with van der Waals surface area (Å²) in [5.41, 5.74) is 1.14. The number of para-hydroxylation sites is 1. The van der Waals surface area contributed by atoms with Crippen LogP contribution in [0.3, 0.4) is 0 Å². The third-order valence-electron chi connectivity index (χ3n) is 3.21. The molecular weight excluding hydrogens is 383 g/mol. The number of hydrogen-bond acceptors (Lipinski definition) is 6. The molecule has 0 spiro atoms. The van der Waals surface area contributed by atoms with E-state index in [9.17, 15) is 9.90 Å². The summed E-state index contributed by atoms with van der Waals surface area (Å²) in [6, 6.07) is 10.3. The van der Waals surface area contributed by atoms with Gasteiger partial charge in [0.05, 0.1) is 32.6 Å². The smallest absolute Gasteiger partial charge is 0.360 e. The van der Waals surface area contributed by atoms with Gasteiger partial charge in [-0.15, -0.1) is 11.3 Å². The molecule has 128 valence electrons. The highest BCUT2D eigenvalue weighted by Crippen LogP contribution is 2.36. The molecular formula is C17H12Cl2N2O3S. The first kappa shape index (κ1) is 17.7. The molecule has 3 aromatic rings. The first-order chi connectivity index (χ1) is 12.0. The van der Waals surface area contributed by atoms with Gasteiger partial charge in [0, 0.05) is 0 Å². The highest BCUT2D eigenvalue weighted by Gasteiger charge is 2.20.